The molecule has 2 saturated heterocycles. The highest BCUT2D eigenvalue weighted by atomic mass is 19.3. The monoisotopic (exact) mass is 504 g/mol. The SMILES string of the molecule is CC(C)N(C)C(=O)C1CN(c2ncc(N3CC[C@@H](Oc4ccc(OCC(C)(F)F)nc4)C3=O)cn2)C1. The van der Waals surface area contributed by atoms with Crippen molar-refractivity contribution in [1.82, 2.24) is 19.9 Å². The molecule has 2 aromatic heterocycles. The molecular formula is C24H30F2N6O4. The van der Waals surface area contributed by atoms with Crippen LogP contribution in [0.1, 0.15) is 27.2 Å². The van der Waals surface area contributed by atoms with E-state index in [1.54, 1.807) is 22.2 Å². The number of amides is 2. The third-order valence-corrected chi connectivity index (χ3v) is 6.19. The van der Waals surface area contributed by atoms with Crippen LogP contribution in [0.3, 0.4) is 0 Å². The number of alkyl halides is 2. The van der Waals surface area contributed by atoms with Gasteiger partial charge in [-0.25, -0.2) is 23.7 Å². The van der Waals surface area contributed by atoms with Crippen molar-refractivity contribution in [1.29, 1.82) is 0 Å². The van der Waals surface area contributed by atoms with Gasteiger partial charge in [0.05, 0.1) is 30.2 Å². The Bertz CT molecular complexity index is 1070. The minimum atomic E-state index is -2.96. The summed E-state index contributed by atoms with van der Waals surface area (Å²) in [6.07, 6.45) is 4.27. The fourth-order valence-electron chi connectivity index (χ4n) is 3.86. The number of nitrogens with zero attached hydrogens (tertiary/aromatic N) is 6. The lowest BCUT2D eigenvalue weighted by Crippen LogP contribution is -2.55. The van der Waals surface area contributed by atoms with E-state index in [4.69, 9.17) is 9.47 Å². The Kier molecular flexibility index (Phi) is 7.23. The Morgan fingerprint density at radius 2 is 1.89 bits per heavy atom. The molecule has 2 fully saturated rings. The smallest absolute Gasteiger partial charge is 0.278 e. The van der Waals surface area contributed by atoms with Crippen molar-refractivity contribution in [3.05, 3.63) is 30.7 Å². The van der Waals surface area contributed by atoms with Crippen molar-refractivity contribution in [3.8, 4) is 11.6 Å². The molecule has 2 aromatic rings. The number of anilines is 2. The minimum Gasteiger partial charge on any atom is -0.479 e. The summed E-state index contributed by atoms with van der Waals surface area (Å²) in [5.41, 5.74) is 0.560. The maximum absolute atomic E-state index is 12.9. The first-order chi connectivity index (χ1) is 17.0. The van der Waals surface area contributed by atoms with Crippen LogP contribution in [-0.2, 0) is 9.59 Å². The molecule has 0 bridgehead atoms. The van der Waals surface area contributed by atoms with E-state index in [2.05, 4.69) is 15.0 Å². The molecule has 0 aromatic carbocycles. The molecule has 0 N–H and O–H groups in total. The van der Waals surface area contributed by atoms with Gasteiger partial charge in [-0.1, -0.05) is 0 Å². The van der Waals surface area contributed by atoms with Crippen molar-refractivity contribution < 1.29 is 27.8 Å². The average molecular weight is 505 g/mol. The zero-order chi connectivity index (χ0) is 26.0. The summed E-state index contributed by atoms with van der Waals surface area (Å²) in [5.74, 6) is -2.24. The molecule has 2 amide bonds. The highest BCUT2D eigenvalue weighted by Crippen LogP contribution is 2.27. The number of rotatable bonds is 9. The number of carbonyl (C=O) groups excluding carboxylic acids is 2. The highest BCUT2D eigenvalue weighted by molar-refractivity contribution is 5.98. The molecule has 10 nitrogen and oxygen atoms in total. The first-order valence-corrected chi connectivity index (χ1v) is 11.8. The Morgan fingerprint density at radius 1 is 1.19 bits per heavy atom. The van der Waals surface area contributed by atoms with E-state index in [1.807, 2.05) is 25.8 Å². The fourth-order valence-corrected chi connectivity index (χ4v) is 3.86. The van der Waals surface area contributed by atoms with Crippen molar-refractivity contribution in [2.45, 2.75) is 45.3 Å². The maximum atomic E-state index is 12.9. The Hall–Kier alpha value is -3.57. The van der Waals surface area contributed by atoms with Crippen LogP contribution in [0.4, 0.5) is 20.4 Å². The quantitative estimate of drug-likeness (QED) is 0.513. The molecule has 12 heteroatoms. The van der Waals surface area contributed by atoms with E-state index in [0.29, 0.717) is 43.4 Å². The van der Waals surface area contributed by atoms with Crippen LogP contribution in [-0.4, -0.2) is 83.0 Å². The van der Waals surface area contributed by atoms with Crippen LogP contribution in [0.2, 0.25) is 0 Å². The largest absolute Gasteiger partial charge is 0.479 e. The average Bonchev–Trinajstić information content (AvgIpc) is 3.16. The van der Waals surface area contributed by atoms with E-state index in [0.717, 1.165) is 6.92 Å². The number of ether oxygens (including phenoxy) is 2. The Labute approximate surface area is 208 Å². The first kappa shape index (κ1) is 25.5. The number of halogens is 2. The van der Waals surface area contributed by atoms with Gasteiger partial charge in [0.25, 0.3) is 11.8 Å². The predicted octanol–water partition coefficient (Wildman–Crippen LogP) is 2.39. The lowest BCUT2D eigenvalue weighted by atomic mass is 9.98. The summed E-state index contributed by atoms with van der Waals surface area (Å²) in [6, 6.07) is 3.09. The second kappa shape index (κ2) is 10.2. The third kappa shape index (κ3) is 5.80. The van der Waals surface area contributed by atoms with E-state index >= 15 is 0 Å². The standard InChI is InChI=1S/C24H30F2N6O4/c1-15(2)30(4)21(33)16-12-31(13-16)23-28-9-17(10-29-23)32-8-7-19(22(32)34)36-18-5-6-20(27-11-18)35-14-24(3,25)26/h5-6,9-11,15-16,19H,7-8,12-14H2,1-4H3/t19-/m1/s1. The Morgan fingerprint density at radius 3 is 2.47 bits per heavy atom. The van der Waals surface area contributed by atoms with Crippen LogP contribution in [0, 0.1) is 5.92 Å². The van der Waals surface area contributed by atoms with Crippen molar-refractivity contribution >= 4 is 23.5 Å². The molecule has 2 aliphatic rings. The summed E-state index contributed by atoms with van der Waals surface area (Å²) in [6.45, 7) is 5.51. The van der Waals surface area contributed by atoms with Gasteiger partial charge in [-0.2, -0.15) is 0 Å². The summed E-state index contributed by atoms with van der Waals surface area (Å²) in [7, 11) is 1.81. The third-order valence-electron chi connectivity index (χ3n) is 6.19. The predicted molar refractivity (Wildman–Crippen MR) is 127 cm³/mol. The molecule has 0 aliphatic carbocycles. The van der Waals surface area contributed by atoms with Gasteiger partial charge in [0, 0.05) is 52.1 Å². The van der Waals surface area contributed by atoms with Gasteiger partial charge in [-0.15, -0.1) is 0 Å². The molecule has 4 heterocycles. The summed E-state index contributed by atoms with van der Waals surface area (Å²) < 4.78 is 36.5. The van der Waals surface area contributed by atoms with Crippen molar-refractivity contribution in [2.75, 3.05) is 43.1 Å². The lowest BCUT2D eigenvalue weighted by molar-refractivity contribution is -0.136. The molecule has 36 heavy (non-hydrogen) atoms. The molecule has 4 rings (SSSR count). The zero-order valence-corrected chi connectivity index (χ0v) is 20.7. The Balaban J connectivity index is 1.29. The molecule has 194 valence electrons. The second-order valence-corrected chi connectivity index (χ2v) is 9.46. The van der Waals surface area contributed by atoms with Crippen LogP contribution in [0.15, 0.2) is 30.7 Å². The molecule has 1 atom stereocenters. The van der Waals surface area contributed by atoms with Crippen LogP contribution in [0.25, 0.3) is 0 Å². The van der Waals surface area contributed by atoms with Gasteiger partial charge in [-0.05, 0) is 19.9 Å². The first-order valence-electron chi connectivity index (χ1n) is 11.8. The summed E-state index contributed by atoms with van der Waals surface area (Å²) >= 11 is 0. The molecular weight excluding hydrogens is 474 g/mol. The summed E-state index contributed by atoms with van der Waals surface area (Å²) in [4.78, 5) is 43.2. The van der Waals surface area contributed by atoms with Gasteiger partial charge >= 0.3 is 0 Å². The zero-order valence-electron chi connectivity index (χ0n) is 20.7. The van der Waals surface area contributed by atoms with Crippen molar-refractivity contribution in [2.24, 2.45) is 5.92 Å². The van der Waals surface area contributed by atoms with E-state index in [-0.39, 0.29) is 29.7 Å². The maximum Gasteiger partial charge on any atom is 0.278 e. The van der Waals surface area contributed by atoms with E-state index in [9.17, 15) is 18.4 Å². The minimum absolute atomic E-state index is 0.0466. The topological polar surface area (TPSA) is 101 Å². The number of hydrogen-bond donors (Lipinski definition) is 0. The normalized spacial score (nSPS) is 18.4. The van der Waals surface area contributed by atoms with Crippen LogP contribution < -0.4 is 19.3 Å². The van der Waals surface area contributed by atoms with E-state index in [1.165, 1.54) is 18.3 Å². The van der Waals surface area contributed by atoms with Crippen LogP contribution >= 0.6 is 0 Å². The molecule has 0 spiro atoms. The highest BCUT2D eigenvalue weighted by Gasteiger charge is 2.37. The van der Waals surface area contributed by atoms with Gasteiger partial charge in [-0.3, -0.25) is 9.59 Å². The van der Waals surface area contributed by atoms with Gasteiger partial charge < -0.3 is 24.2 Å². The molecule has 0 radical (unpaired) electrons. The van der Waals surface area contributed by atoms with Crippen molar-refractivity contribution in [3.63, 3.8) is 0 Å². The number of hydrogen-bond acceptors (Lipinski definition) is 8. The van der Waals surface area contributed by atoms with Gasteiger partial charge in [0.15, 0.2) is 12.7 Å². The fraction of sp³-hybridized carbons (Fsp3) is 0.542. The number of pyridine rings is 1. The second-order valence-electron chi connectivity index (χ2n) is 9.46. The van der Waals surface area contributed by atoms with Crippen LogP contribution in [0.5, 0.6) is 11.6 Å². The van der Waals surface area contributed by atoms with Gasteiger partial charge in [0.2, 0.25) is 17.7 Å². The summed E-state index contributed by atoms with van der Waals surface area (Å²) in [5, 5.41) is 0. The molecule has 0 saturated carbocycles. The lowest BCUT2D eigenvalue weighted by Gasteiger charge is -2.40. The van der Waals surface area contributed by atoms with Gasteiger partial charge in [0.1, 0.15) is 5.75 Å². The molecule has 0 unspecified atom stereocenters. The van der Waals surface area contributed by atoms with E-state index < -0.39 is 18.6 Å². The molecule has 2 aliphatic heterocycles. The number of aromatic nitrogens is 3. The number of carbonyl (C=O) groups is 2.